The van der Waals surface area contributed by atoms with Crippen LogP contribution in [0.25, 0.3) is 0 Å². The third kappa shape index (κ3) is 1.79. The Balaban J connectivity index is 3.21. The van der Waals surface area contributed by atoms with Crippen LogP contribution in [0.15, 0.2) is 22.7 Å². The summed E-state index contributed by atoms with van der Waals surface area (Å²) < 4.78 is 0.563. The summed E-state index contributed by atoms with van der Waals surface area (Å²) in [6, 6.07) is 4.77. The summed E-state index contributed by atoms with van der Waals surface area (Å²) in [5.41, 5.74) is 0.243. The minimum atomic E-state index is -0.290. The number of carbonyl (C=O) groups is 1. The average molecular weight is 249 g/mol. The number of hydrogen-bond donors (Lipinski definition) is 1. The third-order valence-electron chi connectivity index (χ3n) is 1.39. The zero-order chi connectivity index (χ0) is 9.14. The van der Waals surface area contributed by atoms with E-state index in [0.29, 0.717) is 4.47 Å². The second kappa shape index (κ2) is 3.92. The first kappa shape index (κ1) is 9.55. The highest BCUT2D eigenvalue weighted by molar-refractivity contribution is 9.10. The first-order valence-electron chi connectivity index (χ1n) is 3.23. The molecule has 12 heavy (non-hydrogen) atoms. The molecule has 0 aliphatic rings. The van der Waals surface area contributed by atoms with Crippen LogP contribution in [0, 0.1) is 0 Å². The predicted octanol–water partition coefficient (Wildman–Crippen LogP) is 2.58. The lowest BCUT2D eigenvalue weighted by Crippen LogP contribution is -2.01. The van der Waals surface area contributed by atoms with Crippen molar-refractivity contribution in [3.8, 4) is 5.75 Å². The number of phenols is 1. The Morgan fingerprint density at radius 1 is 1.58 bits per heavy atom. The van der Waals surface area contributed by atoms with Gasteiger partial charge in [-0.1, -0.05) is 6.07 Å². The Morgan fingerprint density at radius 3 is 2.75 bits per heavy atom. The van der Waals surface area contributed by atoms with Crippen LogP contribution in [0.5, 0.6) is 5.75 Å². The van der Waals surface area contributed by atoms with Crippen molar-refractivity contribution in [2.24, 2.45) is 0 Å². The third-order valence-corrected chi connectivity index (χ3v) is 2.30. The summed E-state index contributed by atoms with van der Waals surface area (Å²) >= 11 is 8.50. The molecule has 4 heteroatoms. The molecule has 1 aromatic carbocycles. The zero-order valence-corrected chi connectivity index (χ0v) is 8.39. The molecule has 1 aromatic rings. The van der Waals surface area contributed by atoms with E-state index in [0.717, 1.165) is 0 Å². The van der Waals surface area contributed by atoms with E-state index in [9.17, 15) is 9.90 Å². The number of halogens is 2. The highest BCUT2D eigenvalue weighted by atomic mass is 79.9. The lowest BCUT2D eigenvalue weighted by atomic mass is 10.1. The summed E-state index contributed by atoms with van der Waals surface area (Å²) in [7, 11) is 0. The van der Waals surface area contributed by atoms with Gasteiger partial charge in [-0.3, -0.25) is 4.79 Å². The van der Waals surface area contributed by atoms with Gasteiger partial charge in [-0.05, 0) is 28.1 Å². The molecule has 0 fully saturated rings. The SMILES string of the molecule is O=C(CCl)c1c(O)cccc1Br. The number of aromatic hydroxyl groups is 1. The van der Waals surface area contributed by atoms with E-state index in [1.807, 2.05) is 0 Å². The molecule has 0 heterocycles. The van der Waals surface area contributed by atoms with E-state index >= 15 is 0 Å². The zero-order valence-electron chi connectivity index (χ0n) is 6.05. The molecular formula is C8H6BrClO2. The topological polar surface area (TPSA) is 37.3 Å². The van der Waals surface area contributed by atoms with E-state index in [-0.39, 0.29) is 23.0 Å². The maximum absolute atomic E-state index is 11.1. The van der Waals surface area contributed by atoms with Crippen LogP contribution in [0.2, 0.25) is 0 Å². The lowest BCUT2D eigenvalue weighted by molar-refractivity contribution is 0.101. The van der Waals surface area contributed by atoms with Gasteiger partial charge in [0, 0.05) is 4.47 Å². The van der Waals surface area contributed by atoms with Gasteiger partial charge in [-0.2, -0.15) is 0 Å². The molecule has 0 aliphatic carbocycles. The molecule has 0 saturated carbocycles. The standard InChI is InChI=1S/C8H6BrClO2/c9-5-2-1-3-6(11)8(5)7(12)4-10/h1-3,11H,4H2. The number of Topliss-reactive ketones (excluding diaryl/α,β-unsaturated/α-hetero) is 1. The van der Waals surface area contributed by atoms with E-state index in [1.54, 1.807) is 12.1 Å². The quantitative estimate of drug-likeness (QED) is 0.646. The molecule has 1 N–H and O–H groups in total. The van der Waals surface area contributed by atoms with Crippen LogP contribution in [-0.2, 0) is 0 Å². The minimum absolute atomic E-state index is 0.0463. The van der Waals surface area contributed by atoms with Gasteiger partial charge in [0.2, 0.25) is 0 Å². The van der Waals surface area contributed by atoms with E-state index in [1.165, 1.54) is 6.07 Å². The van der Waals surface area contributed by atoms with Gasteiger partial charge in [0.1, 0.15) is 5.75 Å². The highest BCUT2D eigenvalue weighted by Gasteiger charge is 2.12. The van der Waals surface area contributed by atoms with E-state index < -0.39 is 0 Å². The van der Waals surface area contributed by atoms with Crippen molar-refractivity contribution in [2.75, 3.05) is 5.88 Å². The fourth-order valence-corrected chi connectivity index (χ4v) is 1.57. The lowest BCUT2D eigenvalue weighted by Gasteiger charge is -2.02. The van der Waals surface area contributed by atoms with Crippen molar-refractivity contribution in [1.82, 2.24) is 0 Å². The van der Waals surface area contributed by atoms with Crippen molar-refractivity contribution in [2.45, 2.75) is 0 Å². The first-order chi connectivity index (χ1) is 5.66. The number of ketones is 1. The molecule has 0 aromatic heterocycles. The second-order valence-electron chi connectivity index (χ2n) is 2.19. The normalized spacial score (nSPS) is 9.83. The minimum Gasteiger partial charge on any atom is -0.507 e. The van der Waals surface area contributed by atoms with Gasteiger partial charge in [-0.25, -0.2) is 0 Å². The molecular weight excluding hydrogens is 243 g/mol. The van der Waals surface area contributed by atoms with Crippen LogP contribution in [0.1, 0.15) is 10.4 Å². The number of phenolic OH excluding ortho intramolecular Hbond substituents is 1. The van der Waals surface area contributed by atoms with Gasteiger partial charge in [0.05, 0.1) is 11.4 Å². The maximum Gasteiger partial charge on any atom is 0.182 e. The molecule has 0 amide bonds. The number of rotatable bonds is 2. The van der Waals surface area contributed by atoms with Crippen LogP contribution < -0.4 is 0 Å². The van der Waals surface area contributed by atoms with Crippen molar-refractivity contribution in [1.29, 1.82) is 0 Å². The monoisotopic (exact) mass is 248 g/mol. The molecule has 0 aliphatic heterocycles. The Bertz CT molecular complexity index is 292. The average Bonchev–Trinajstić information content (AvgIpc) is 2.03. The van der Waals surface area contributed by atoms with Crippen LogP contribution in [-0.4, -0.2) is 16.8 Å². The van der Waals surface area contributed by atoms with Crippen LogP contribution in [0.3, 0.4) is 0 Å². The van der Waals surface area contributed by atoms with E-state index in [4.69, 9.17) is 11.6 Å². The fraction of sp³-hybridized carbons (Fsp3) is 0.125. The number of benzene rings is 1. The summed E-state index contributed by atoms with van der Waals surface area (Å²) in [4.78, 5) is 11.1. The van der Waals surface area contributed by atoms with Gasteiger partial charge < -0.3 is 5.11 Å². The summed E-state index contributed by atoms with van der Waals surface area (Å²) in [6.45, 7) is 0. The first-order valence-corrected chi connectivity index (χ1v) is 4.56. The summed E-state index contributed by atoms with van der Waals surface area (Å²) in [5, 5.41) is 9.28. The van der Waals surface area contributed by atoms with Gasteiger partial charge in [0.15, 0.2) is 5.78 Å². The van der Waals surface area contributed by atoms with Crippen molar-refractivity contribution < 1.29 is 9.90 Å². The van der Waals surface area contributed by atoms with Gasteiger partial charge >= 0.3 is 0 Å². The molecule has 0 bridgehead atoms. The maximum atomic E-state index is 11.1. The number of alkyl halides is 1. The molecule has 0 radical (unpaired) electrons. The Hall–Kier alpha value is -0.540. The number of hydrogen-bond acceptors (Lipinski definition) is 2. The Kier molecular flexibility index (Phi) is 3.12. The number of carbonyl (C=O) groups excluding carboxylic acids is 1. The molecule has 0 saturated heterocycles. The van der Waals surface area contributed by atoms with Gasteiger partial charge in [-0.15, -0.1) is 11.6 Å². The molecule has 64 valence electrons. The highest BCUT2D eigenvalue weighted by Crippen LogP contribution is 2.26. The molecule has 0 unspecified atom stereocenters. The largest absolute Gasteiger partial charge is 0.507 e. The second-order valence-corrected chi connectivity index (χ2v) is 3.31. The Labute approximate surface area is 83.3 Å². The summed E-state index contributed by atoms with van der Waals surface area (Å²) in [5.74, 6) is -0.465. The Morgan fingerprint density at radius 2 is 2.25 bits per heavy atom. The molecule has 0 spiro atoms. The van der Waals surface area contributed by atoms with Crippen molar-refractivity contribution in [3.63, 3.8) is 0 Å². The molecule has 2 nitrogen and oxygen atoms in total. The van der Waals surface area contributed by atoms with Crippen molar-refractivity contribution >= 4 is 33.3 Å². The van der Waals surface area contributed by atoms with Crippen LogP contribution >= 0.6 is 27.5 Å². The summed E-state index contributed by atoms with van der Waals surface area (Å²) in [6.07, 6.45) is 0. The fourth-order valence-electron chi connectivity index (χ4n) is 0.856. The smallest absolute Gasteiger partial charge is 0.182 e. The van der Waals surface area contributed by atoms with Crippen molar-refractivity contribution in [3.05, 3.63) is 28.2 Å². The van der Waals surface area contributed by atoms with Gasteiger partial charge in [0.25, 0.3) is 0 Å². The van der Waals surface area contributed by atoms with E-state index in [2.05, 4.69) is 15.9 Å². The van der Waals surface area contributed by atoms with Crippen LogP contribution in [0.4, 0.5) is 0 Å². The molecule has 1 rings (SSSR count). The predicted molar refractivity (Wildman–Crippen MR) is 50.9 cm³/mol. The molecule has 0 atom stereocenters.